The van der Waals surface area contributed by atoms with Gasteiger partial charge in [0.1, 0.15) is 0 Å². The summed E-state index contributed by atoms with van der Waals surface area (Å²) in [5.74, 6) is -1.54. The van der Waals surface area contributed by atoms with Crippen LogP contribution in [0.5, 0.6) is 0 Å². The van der Waals surface area contributed by atoms with Crippen LogP contribution in [0.25, 0.3) is 0 Å². The second kappa shape index (κ2) is 5.53. The van der Waals surface area contributed by atoms with Gasteiger partial charge in [-0.3, -0.25) is 0 Å². The lowest BCUT2D eigenvalue weighted by molar-refractivity contribution is -0.394. The van der Waals surface area contributed by atoms with Crippen LogP contribution < -0.4 is 0 Å². The van der Waals surface area contributed by atoms with Crippen LogP contribution in [0.4, 0.5) is 5.95 Å². The summed E-state index contributed by atoms with van der Waals surface area (Å²) in [5, 5.41) is 22.8. The Hall–Kier alpha value is -1.77. The van der Waals surface area contributed by atoms with Crippen LogP contribution in [0, 0.1) is 10.1 Å². The van der Waals surface area contributed by atoms with E-state index < -0.39 is 16.8 Å². The van der Waals surface area contributed by atoms with Gasteiger partial charge in [0.05, 0.1) is 6.54 Å². The maximum Gasteiger partial charge on any atom is 0.492 e. The molecule has 0 unspecified atom stereocenters. The molecule has 1 N–H and O–H groups in total. The van der Waals surface area contributed by atoms with Crippen LogP contribution in [-0.4, -0.2) is 30.8 Å². The van der Waals surface area contributed by atoms with Crippen molar-refractivity contribution in [2.75, 3.05) is 0 Å². The normalized spacial score (nSPS) is 11.5. The van der Waals surface area contributed by atoms with Gasteiger partial charge in [0.15, 0.2) is 0 Å². The number of rotatable bonds is 5. The number of nitrogens with zero attached hydrogens (tertiary/aromatic N) is 4. The zero-order chi connectivity index (χ0) is 13.0. The summed E-state index contributed by atoms with van der Waals surface area (Å²) in [6.45, 7) is 1.82. The molecule has 0 aliphatic rings. The molecule has 1 heterocycles. The SMILES string of the molecule is CCC(=CCn1nc([N+](=O)[O-])nc1Br)C(=O)O. The molecule has 0 amide bonds. The first kappa shape index (κ1) is 13.3. The Labute approximate surface area is 104 Å². The molecule has 0 aliphatic heterocycles. The van der Waals surface area contributed by atoms with Crippen molar-refractivity contribution >= 4 is 27.8 Å². The van der Waals surface area contributed by atoms with Crippen LogP contribution in [0.15, 0.2) is 16.4 Å². The molecular weight excluding hydrogens is 296 g/mol. The second-order valence-electron chi connectivity index (χ2n) is 3.01. The van der Waals surface area contributed by atoms with Crippen molar-refractivity contribution in [3.8, 4) is 0 Å². The largest absolute Gasteiger partial charge is 0.492 e. The number of hydrogen-bond acceptors (Lipinski definition) is 5. The third-order valence-corrected chi connectivity index (χ3v) is 2.53. The Balaban J connectivity index is 2.88. The van der Waals surface area contributed by atoms with Gasteiger partial charge in [0.25, 0.3) is 4.73 Å². The lowest BCUT2D eigenvalue weighted by Gasteiger charge is -1.96. The zero-order valence-corrected chi connectivity index (χ0v) is 10.4. The molecule has 0 fully saturated rings. The van der Waals surface area contributed by atoms with E-state index in [9.17, 15) is 14.9 Å². The molecule has 8 nitrogen and oxygen atoms in total. The van der Waals surface area contributed by atoms with Crippen molar-refractivity contribution in [1.82, 2.24) is 14.8 Å². The first-order valence-electron chi connectivity index (χ1n) is 4.62. The van der Waals surface area contributed by atoms with Crippen molar-refractivity contribution in [3.63, 3.8) is 0 Å². The monoisotopic (exact) mass is 304 g/mol. The number of aliphatic carboxylic acids is 1. The molecule has 92 valence electrons. The number of carbonyl (C=O) groups is 1. The van der Waals surface area contributed by atoms with Crippen LogP contribution in [-0.2, 0) is 11.3 Å². The average molecular weight is 305 g/mol. The number of hydrogen-bond donors (Lipinski definition) is 1. The highest BCUT2D eigenvalue weighted by Gasteiger charge is 2.18. The van der Waals surface area contributed by atoms with Gasteiger partial charge in [-0.15, -0.1) is 0 Å². The summed E-state index contributed by atoms with van der Waals surface area (Å²) >= 11 is 3.00. The maximum atomic E-state index is 10.7. The standard InChI is InChI=1S/C8H9BrN4O4/c1-2-5(6(14)15)3-4-12-7(9)10-8(11-12)13(16)17/h3H,2,4H2,1H3,(H,14,15). The molecule has 1 aromatic rings. The van der Waals surface area contributed by atoms with Gasteiger partial charge in [0.2, 0.25) is 0 Å². The summed E-state index contributed by atoms with van der Waals surface area (Å²) in [5.41, 5.74) is 0.218. The zero-order valence-electron chi connectivity index (χ0n) is 8.83. The summed E-state index contributed by atoms with van der Waals surface area (Å²) in [6.07, 6.45) is 1.80. The first-order valence-corrected chi connectivity index (χ1v) is 5.42. The molecule has 9 heteroatoms. The predicted octanol–water partition coefficient (Wildman–Crippen LogP) is 1.37. The van der Waals surface area contributed by atoms with E-state index in [-0.39, 0.29) is 16.9 Å². The molecule has 0 radical (unpaired) electrons. The number of allylic oxidation sites excluding steroid dienone is 1. The van der Waals surface area contributed by atoms with E-state index in [0.717, 1.165) is 0 Å². The molecule has 0 saturated heterocycles. The van der Waals surface area contributed by atoms with Crippen LogP contribution >= 0.6 is 15.9 Å². The fourth-order valence-corrected chi connectivity index (χ4v) is 1.47. The van der Waals surface area contributed by atoms with Crippen LogP contribution in [0.3, 0.4) is 0 Å². The minimum absolute atomic E-state index is 0.108. The second-order valence-corrected chi connectivity index (χ2v) is 3.72. The Kier molecular flexibility index (Phi) is 4.32. The predicted molar refractivity (Wildman–Crippen MR) is 60.4 cm³/mol. The minimum atomic E-state index is -1.02. The molecule has 0 aromatic carbocycles. The molecule has 0 saturated carbocycles. The van der Waals surface area contributed by atoms with Crippen molar-refractivity contribution in [2.24, 2.45) is 0 Å². The molecule has 17 heavy (non-hydrogen) atoms. The van der Waals surface area contributed by atoms with Crippen molar-refractivity contribution < 1.29 is 14.8 Å². The third kappa shape index (κ3) is 3.34. The van der Waals surface area contributed by atoms with E-state index >= 15 is 0 Å². The number of aromatic nitrogens is 3. The summed E-state index contributed by atoms with van der Waals surface area (Å²) < 4.78 is 1.39. The summed E-state index contributed by atoms with van der Waals surface area (Å²) in [6, 6.07) is 0. The molecule has 0 aliphatic carbocycles. The molecule has 0 spiro atoms. The van der Waals surface area contributed by atoms with Gasteiger partial charge in [-0.05, 0) is 16.3 Å². The summed E-state index contributed by atoms with van der Waals surface area (Å²) in [7, 11) is 0. The van der Waals surface area contributed by atoms with E-state index in [1.807, 2.05) is 0 Å². The highest BCUT2D eigenvalue weighted by Crippen LogP contribution is 2.12. The average Bonchev–Trinajstić information content (AvgIpc) is 2.61. The van der Waals surface area contributed by atoms with E-state index in [2.05, 4.69) is 26.0 Å². The number of carboxylic acid groups (broad SMARTS) is 1. The third-order valence-electron chi connectivity index (χ3n) is 1.94. The smallest absolute Gasteiger partial charge is 0.478 e. The quantitative estimate of drug-likeness (QED) is 0.499. The minimum Gasteiger partial charge on any atom is -0.478 e. The van der Waals surface area contributed by atoms with Gasteiger partial charge >= 0.3 is 11.9 Å². The lowest BCUT2D eigenvalue weighted by Crippen LogP contribution is -2.04. The van der Waals surface area contributed by atoms with Gasteiger partial charge in [0, 0.05) is 26.6 Å². The fraction of sp³-hybridized carbons (Fsp3) is 0.375. The van der Waals surface area contributed by atoms with E-state index in [1.165, 1.54) is 10.8 Å². The van der Waals surface area contributed by atoms with Crippen molar-refractivity contribution in [2.45, 2.75) is 19.9 Å². The van der Waals surface area contributed by atoms with Crippen molar-refractivity contribution in [3.05, 3.63) is 26.5 Å². The number of nitro groups is 1. The van der Waals surface area contributed by atoms with Crippen molar-refractivity contribution in [1.29, 1.82) is 0 Å². The molecule has 0 bridgehead atoms. The highest BCUT2D eigenvalue weighted by atomic mass is 79.9. The maximum absolute atomic E-state index is 10.7. The first-order chi connectivity index (χ1) is 7.95. The lowest BCUT2D eigenvalue weighted by atomic mass is 10.2. The van der Waals surface area contributed by atoms with Gasteiger partial charge in [-0.25, -0.2) is 4.79 Å². The molecule has 1 aromatic heterocycles. The van der Waals surface area contributed by atoms with Crippen LogP contribution in [0.2, 0.25) is 0 Å². The summed E-state index contributed by atoms with van der Waals surface area (Å²) in [4.78, 5) is 24.0. The van der Waals surface area contributed by atoms with Gasteiger partial charge < -0.3 is 15.2 Å². The van der Waals surface area contributed by atoms with E-state index in [0.29, 0.717) is 6.42 Å². The number of halogens is 1. The Morgan fingerprint density at radius 3 is 2.76 bits per heavy atom. The topological polar surface area (TPSA) is 111 Å². The van der Waals surface area contributed by atoms with Gasteiger partial charge in [-0.1, -0.05) is 13.0 Å². The Morgan fingerprint density at radius 2 is 2.35 bits per heavy atom. The molecule has 0 atom stereocenters. The van der Waals surface area contributed by atoms with Gasteiger partial charge in [-0.2, -0.15) is 4.68 Å². The van der Waals surface area contributed by atoms with E-state index in [1.54, 1.807) is 6.92 Å². The van der Waals surface area contributed by atoms with Crippen LogP contribution in [0.1, 0.15) is 13.3 Å². The van der Waals surface area contributed by atoms with E-state index in [4.69, 9.17) is 5.11 Å². The Morgan fingerprint density at radius 1 is 1.71 bits per heavy atom. The molecule has 1 rings (SSSR count). The fourth-order valence-electron chi connectivity index (χ4n) is 1.08. The Bertz CT molecular complexity index is 482. The molecular formula is C8H9BrN4O4. The highest BCUT2D eigenvalue weighted by molar-refractivity contribution is 9.10. The number of carboxylic acids is 1.